The second kappa shape index (κ2) is 6.64. The van der Waals surface area contributed by atoms with Crippen molar-refractivity contribution in [2.45, 2.75) is 6.92 Å². The number of hydrogen-bond donors (Lipinski definition) is 2. The van der Waals surface area contributed by atoms with Crippen LogP contribution in [0, 0.1) is 0 Å². The number of nitrogens with one attached hydrogen (secondary N) is 1. The summed E-state index contributed by atoms with van der Waals surface area (Å²) in [6, 6.07) is 12.3. The molecule has 4 nitrogen and oxygen atoms in total. The molecule has 0 amide bonds. The van der Waals surface area contributed by atoms with Crippen molar-refractivity contribution in [3.63, 3.8) is 0 Å². The van der Waals surface area contributed by atoms with E-state index in [0.29, 0.717) is 5.69 Å². The second-order valence-electron chi connectivity index (χ2n) is 4.30. The highest BCUT2D eigenvalue weighted by molar-refractivity contribution is 5.64. The van der Waals surface area contributed by atoms with Gasteiger partial charge in [-0.1, -0.05) is 18.2 Å². The summed E-state index contributed by atoms with van der Waals surface area (Å²) in [6.07, 6.45) is 3.41. The first-order chi connectivity index (χ1) is 9.31. The van der Waals surface area contributed by atoms with Gasteiger partial charge in [-0.05, 0) is 25.1 Å². The van der Waals surface area contributed by atoms with Gasteiger partial charge in [0.1, 0.15) is 0 Å². The molecule has 19 heavy (non-hydrogen) atoms. The first kappa shape index (κ1) is 13.2. The third-order valence-electron chi connectivity index (χ3n) is 3.05. The molecule has 0 aliphatic carbocycles. The number of anilines is 3. The first-order valence-corrected chi connectivity index (χ1v) is 6.54. The van der Waals surface area contributed by atoms with Crippen LogP contribution in [0.3, 0.4) is 0 Å². The number of likely N-dealkylation sites (N-methyl/N-ethyl adjacent to an activating group) is 1. The Labute approximate surface area is 114 Å². The van der Waals surface area contributed by atoms with E-state index in [2.05, 4.69) is 46.4 Å². The van der Waals surface area contributed by atoms with Crippen LogP contribution in [0.5, 0.6) is 0 Å². The lowest BCUT2D eigenvalue weighted by Crippen LogP contribution is -2.28. The Morgan fingerprint density at radius 1 is 1.21 bits per heavy atom. The van der Waals surface area contributed by atoms with Gasteiger partial charge in [0, 0.05) is 31.5 Å². The molecule has 0 radical (unpaired) electrons. The molecule has 0 bridgehead atoms. The zero-order valence-corrected chi connectivity index (χ0v) is 11.2. The minimum Gasteiger partial charge on any atom is -0.396 e. The van der Waals surface area contributed by atoms with Crippen molar-refractivity contribution in [2.24, 2.45) is 0 Å². The van der Waals surface area contributed by atoms with Crippen LogP contribution >= 0.6 is 0 Å². The second-order valence-corrected chi connectivity index (χ2v) is 4.30. The van der Waals surface area contributed by atoms with Crippen LogP contribution < -0.4 is 16.0 Å². The van der Waals surface area contributed by atoms with E-state index in [1.807, 2.05) is 12.1 Å². The smallest absolute Gasteiger partial charge is 0.0736 e. The zero-order chi connectivity index (χ0) is 13.5. The van der Waals surface area contributed by atoms with Gasteiger partial charge in [0.15, 0.2) is 0 Å². The molecule has 1 heterocycles. The fraction of sp³-hybridized carbons (Fsp3) is 0.267. The fourth-order valence-electron chi connectivity index (χ4n) is 2.00. The predicted octanol–water partition coefficient (Wildman–Crippen LogP) is 2.60. The number of pyridine rings is 1. The molecule has 0 atom stereocenters. The number of hydrogen-bond acceptors (Lipinski definition) is 4. The van der Waals surface area contributed by atoms with Crippen molar-refractivity contribution in [3.05, 3.63) is 48.8 Å². The Bertz CT molecular complexity index is 499. The fourth-order valence-corrected chi connectivity index (χ4v) is 2.00. The maximum absolute atomic E-state index is 5.84. The molecule has 100 valence electrons. The predicted molar refractivity (Wildman–Crippen MR) is 81.5 cm³/mol. The molecule has 3 N–H and O–H groups in total. The van der Waals surface area contributed by atoms with Crippen LogP contribution in [0.1, 0.15) is 6.92 Å². The van der Waals surface area contributed by atoms with E-state index in [4.69, 9.17) is 5.73 Å². The lowest BCUT2D eigenvalue weighted by atomic mass is 10.3. The van der Waals surface area contributed by atoms with E-state index in [1.54, 1.807) is 12.4 Å². The van der Waals surface area contributed by atoms with Crippen LogP contribution in [0.15, 0.2) is 48.8 Å². The van der Waals surface area contributed by atoms with E-state index in [1.165, 1.54) is 5.69 Å². The van der Waals surface area contributed by atoms with Gasteiger partial charge in [-0.15, -0.1) is 0 Å². The Balaban J connectivity index is 1.89. The summed E-state index contributed by atoms with van der Waals surface area (Å²) in [6.45, 7) is 4.92. The zero-order valence-electron chi connectivity index (χ0n) is 11.2. The lowest BCUT2D eigenvalue weighted by Gasteiger charge is -2.23. The van der Waals surface area contributed by atoms with Crippen LogP contribution in [0.2, 0.25) is 0 Å². The largest absolute Gasteiger partial charge is 0.396 e. The highest BCUT2D eigenvalue weighted by atomic mass is 15.1. The third-order valence-corrected chi connectivity index (χ3v) is 3.05. The number of aromatic nitrogens is 1. The molecule has 4 heteroatoms. The summed E-state index contributed by atoms with van der Waals surface area (Å²) in [5.41, 5.74) is 8.72. The highest BCUT2D eigenvalue weighted by Crippen LogP contribution is 2.16. The molecular weight excluding hydrogens is 236 g/mol. The average molecular weight is 256 g/mol. The summed E-state index contributed by atoms with van der Waals surface area (Å²) in [5.74, 6) is 0. The van der Waals surface area contributed by atoms with Crippen LogP contribution in [0.25, 0.3) is 0 Å². The molecule has 0 saturated heterocycles. The molecule has 0 aliphatic heterocycles. The summed E-state index contributed by atoms with van der Waals surface area (Å²) < 4.78 is 0. The van der Waals surface area contributed by atoms with Crippen molar-refractivity contribution in [3.8, 4) is 0 Å². The number of rotatable bonds is 6. The van der Waals surface area contributed by atoms with Crippen molar-refractivity contribution in [1.29, 1.82) is 0 Å². The van der Waals surface area contributed by atoms with Crippen molar-refractivity contribution < 1.29 is 0 Å². The van der Waals surface area contributed by atoms with Crippen LogP contribution in [-0.4, -0.2) is 24.6 Å². The number of nitrogens with zero attached hydrogens (tertiary/aromatic N) is 2. The number of nitrogen functional groups attached to an aromatic ring is 1. The molecular formula is C15H20N4. The van der Waals surface area contributed by atoms with E-state index < -0.39 is 0 Å². The number of para-hydroxylation sites is 1. The lowest BCUT2D eigenvalue weighted by molar-refractivity contribution is 0.835. The van der Waals surface area contributed by atoms with Gasteiger partial charge in [-0.3, -0.25) is 4.98 Å². The van der Waals surface area contributed by atoms with Crippen molar-refractivity contribution in [2.75, 3.05) is 35.6 Å². The monoisotopic (exact) mass is 256 g/mol. The van der Waals surface area contributed by atoms with Gasteiger partial charge in [-0.2, -0.15) is 0 Å². The van der Waals surface area contributed by atoms with Gasteiger partial charge in [0.2, 0.25) is 0 Å². The summed E-state index contributed by atoms with van der Waals surface area (Å²) in [4.78, 5) is 6.30. The Hall–Kier alpha value is -2.23. The molecule has 2 rings (SSSR count). The van der Waals surface area contributed by atoms with E-state index in [9.17, 15) is 0 Å². The quantitative estimate of drug-likeness (QED) is 0.834. The van der Waals surface area contributed by atoms with Gasteiger partial charge in [-0.25, -0.2) is 0 Å². The molecule has 1 aromatic heterocycles. The summed E-state index contributed by atoms with van der Waals surface area (Å²) >= 11 is 0. The van der Waals surface area contributed by atoms with E-state index >= 15 is 0 Å². The third kappa shape index (κ3) is 3.61. The molecule has 0 spiro atoms. The Morgan fingerprint density at radius 3 is 2.68 bits per heavy atom. The minimum absolute atomic E-state index is 0.685. The van der Waals surface area contributed by atoms with Crippen molar-refractivity contribution >= 4 is 17.1 Å². The normalized spacial score (nSPS) is 10.2. The van der Waals surface area contributed by atoms with Gasteiger partial charge in [0.25, 0.3) is 0 Å². The van der Waals surface area contributed by atoms with Crippen molar-refractivity contribution in [1.82, 2.24) is 4.98 Å². The Kier molecular flexibility index (Phi) is 4.61. The summed E-state index contributed by atoms with van der Waals surface area (Å²) in [5, 5.41) is 3.34. The highest BCUT2D eigenvalue weighted by Gasteiger charge is 2.03. The average Bonchev–Trinajstić information content (AvgIpc) is 2.46. The molecule has 1 aromatic carbocycles. The van der Waals surface area contributed by atoms with E-state index in [-0.39, 0.29) is 0 Å². The maximum atomic E-state index is 5.84. The number of nitrogens with two attached hydrogens (primary N) is 1. The molecule has 2 aromatic rings. The maximum Gasteiger partial charge on any atom is 0.0736 e. The molecule has 0 aliphatic rings. The summed E-state index contributed by atoms with van der Waals surface area (Å²) in [7, 11) is 0. The minimum atomic E-state index is 0.685. The Morgan fingerprint density at radius 2 is 2.00 bits per heavy atom. The van der Waals surface area contributed by atoms with Gasteiger partial charge < -0.3 is 16.0 Å². The molecule has 0 unspecified atom stereocenters. The number of benzene rings is 1. The van der Waals surface area contributed by atoms with E-state index in [0.717, 1.165) is 25.3 Å². The van der Waals surface area contributed by atoms with Crippen LogP contribution in [0.4, 0.5) is 17.1 Å². The van der Waals surface area contributed by atoms with Gasteiger partial charge >= 0.3 is 0 Å². The SMILES string of the molecule is CCN(CCNc1ccncc1N)c1ccccc1. The first-order valence-electron chi connectivity index (χ1n) is 6.54. The standard InChI is InChI=1S/C15H20N4/c1-2-19(13-6-4-3-5-7-13)11-10-18-15-8-9-17-12-14(15)16/h3-9,12H,2,10-11,16H2,1H3,(H,17,18). The topological polar surface area (TPSA) is 54.2 Å². The van der Waals surface area contributed by atoms with Crippen LogP contribution in [-0.2, 0) is 0 Å². The van der Waals surface area contributed by atoms with Gasteiger partial charge in [0.05, 0.1) is 17.6 Å². The molecule has 0 saturated carbocycles. The molecule has 0 fully saturated rings.